The number of ether oxygens (including phenoxy) is 12. The molecule has 27 nitrogen and oxygen atoms in total. The van der Waals surface area contributed by atoms with Crippen molar-refractivity contribution in [3.05, 3.63) is 41.7 Å². The fraction of sp³-hybridized carbons (Fsp3) is 0.785. The number of alkyl carbamates (subject to hydrolysis) is 1. The number of thioether (sulfide) groups is 2. The number of urea groups is 1. The third-order valence-corrected chi connectivity index (χ3v) is 15.5. The maximum atomic E-state index is 13.9. The van der Waals surface area contributed by atoms with Crippen molar-refractivity contribution in [2.75, 3.05) is 175 Å². The molecule has 1 aromatic heterocycles. The SMILES string of the molecule is CC(C)C[C@H](NC(=O)CON=C(CSC(C)(C)C)CSC(C)(C)C)C(=O)C[C@@H](CCCNC(N)=O)C(=O)Nc1ccc(COC(=O)NCc2cn(CCOCCOCCOCCOCCOCCOCCOCCOCCOCCOCCOCCC(C)(C)C)nn2)cc1. The molecule has 29 heteroatoms. The van der Waals surface area contributed by atoms with Gasteiger partial charge < -0.3 is 88.7 Å². The molecule has 1 heterocycles. The number of primary amides is 1. The van der Waals surface area contributed by atoms with E-state index in [-0.39, 0.29) is 65.8 Å². The van der Waals surface area contributed by atoms with Gasteiger partial charge in [0.05, 0.1) is 170 Å². The summed E-state index contributed by atoms with van der Waals surface area (Å²) in [6.45, 7) is 34.3. The number of Topliss-reactive ketones (excluding diaryl/α,β-unsaturated/α-hetero) is 1. The third-order valence-electron chi connectivity index (χ3n) is 12.8. The van der Waals surface area contributed by atoms with E-state index in [9.17, 15) is 24.0 Å². The highest BCUT2D eigenvalue weighted by Crippen LogP contribution is 2.27. The van der Waals surface area contributed by atoms with E-state index in [0.29, 0.717) is 187 Å². The molecule has 0 spiro atoms. The van der Waals surface area contributed by atoms with Crippen LogP contribution in [-0.2, 0) is 95.8 Å². The molecule has 540 valence electrons. The van der Waals surface area contributed by atoms with E-state index in [1.54, 1.807) is 58.7 Å². The van der Waals surface area contributed by atoms with Gasteiger partial charge >= 0.3 is 12.1 Å². The molecule has 2 atom stereocenters. The van der Waals surface area contributed by atoms with E-state index < -0.39 is 35.9 Å². The summed E-state index contributed by atoms with van der Waals surface area (Å²) < 4.78 is 68.1. The molecule has 0 saturated heterocycles. The second-order valence-corrected chi connectivity index (χ2v) is 29.0. The maximum Gasteiger partial charge on any atom is 0.407 e. The molecule has 0 aliphatic rings. The minimum atomic E-state index is -0.875. The van der Waals surface area contributed by atoms with Crippen LogP contribution in [0.1, 0.15) is 120 Å². The van der Waals surface area contributed by atoms with Crippen LogP contribution in [0.2, 0.25) is 0 Å². The molecule has 94 heavy (non-hydrogen) atoms. The van der Waals surface area contributed by atoms with Crippen LogP contribution in [0.3, 0.4) is 0 Å². The van der Waals surface area contributed by atoms with Crippen LogP contribution >= 0.6 is 23.5 Å². The number of hydrogen-bond donors (Lipinski definition) is 5. The summed E-state index contributed by atoms with van der Waals surface area (Å²) in [4.78, 5) is 70.4. The Kier molecular flexibility index (Phi) is 47.5. The summed E-state index contributed by atoms with van der Waals surface area (Å²) in [6.07, 6.45) is 2.86. The summed E-state index contributed by atoms with van der Waals surface area (Å²) in [5.74, 6) is -0.703. The molecule has 0 saturated carbocycles. The highest BCUT2D eigenvalue weighted by atomic mass is 32.2. The number of carbonyl (C=O) groups excluding carboxylic acids is 5. The molecule has 5 amide bonds. The van der Waals surface area contributed by atoms with Gasteiger partial charge in [-0.1, -0.05) is 98.7 Å². The number of nitrogens with zero attached hydrogens (tertiary/aromatic N) is 4. The Balaban J connectivity index is 1.54. The fourth-order valence-corrected chi connectivity index (χ4v) is 9.42. The molecule has 0 radical (unpaired) electrons. The average molecular weight is 1370 g/mol. The summed E-state index contributed by atoms with van der Waals surface area (Å²) in [5, 5.41) is 23.4. The van der Waals surface area contributed by atoms with E-state index in [1.807, 2.05) is 13.8 Å². The van der Waals surface area contributed by atoms with Gasteiger partial charge in [0.15, 0.2) is 12.4 Å². The Labute approximate surface area is 567 Å². The zero-order chi connectivity index (χ0) is 69.1. The largest absolute Gasteiger partial charge is 0.445 e. The molecular weight excluding hydrogens is 1260 g/mol. The van der Waals surface area contributed by atoms with E-state index >= 15 is 0 Å². The molecule has 6 N–H and O–H groups in total. The first-order valence-electron chi connectivity index (χ1n) is 32.7. The molecule has 2 rings (SSSR count). The lowest BCUT2D eigenvalue weighted by Gasteiger charge is -2.23. The van der Waals surface area contributed by atoms with Crippen molar-refractivity contribution in [2.24, 2.45) is 28.1 Å². The van der Waals surface area contributed by atoms with Crippen molar-refractivity contribution in [1.29, 1.82) is 0 Å². The first-order valence-corrected chi connectivity index (χ1v) is 34.7. The number of hydrogen-bond acceptors (Lipinski definition) is 23. The molecular formula is C65H115N9O18S2. The first-order chi connectivity index (χ1) is 44.9. The van der Waals surface area contributed by atoms with Crippen LogP contribution < -0.4 is 27.0 Å². The highest BCUT2D eigenvalue weighted by Gasteiger charge is 2.29. The summed E-state index contributed by atoms with van der Waals surface area (Å²) in [5.41, 5.74) is 8.00. The molecule has 2 aromatic rings. The van der Waals surface area contributed by atoms with Crippen molar-refractivity contribution >= 4 is 64.6 Å². The molecule has 1 aromatic carbocycles. The zero-order valence-corrected chi connectivity index (χ0v) is 59.8. The van der Waals surface area contributed by atoms with Crippen molar-refractivity contribution in [1.82, 2.24) is 30.9 Å². The Bertz CT molecular complexity index is 2320. The number of carbonyl (C=O) groups is 5. The lowest BCUT2D eigenvalue weighted by atomic mass is 9.90. The molecule has 0 unspecified atom stereocenters. The monoisotopic (exact) mass is 1370 g/mol. The second kappa shape index (κ2) is 52.4. The lowest BCUT2D eigenvalue weighted by Crippen LogP contribution is -2.44. The summed E-state index contributed by atoms with van der Waals surface area (Å²) >= 11 is 3.47. The molecule has 0 bridgehead atoms. The van der Waals surface area contributed by atoms with Gasteiger partial charge in [0.1, 0.15) is 12.3 Å². The van der Waals surface area contributed by atoms with Crippen LogP contribution in [-0.4, -0.2) is 236 Å². The number of aromatic nitrogens is 3. The van der Waals surface area contributed by atoms with Gasteiger partial charge in [0.25, 0.3) is 5.91 Å². The van der Waals surface area contributed by atoms with E-state index in [0.717, 1.165) is 18.7 Å². The van der Waals surface area contributed by atoms with E-state index in [4.69, 9.17) is 67.4 Å². The van der Waals surface area contributed by atoms with Gasteiger partial charge in [0.2, 0.25) is 5.91 Å². The van der Waals surface area contributed by atoms with Gasteiger partial charge in [-0.25, -0.2) is 14.3 Å². The van der Waals surface area contributed by atoms with Gasteiger partial charge in [-0.05, 0) is 54.7 Å². The fourth-order valence-electron chi connectivity index (χ4n) is 7.78. The predicted octanol–water partition coefficient (Wildman–Crippen LogP) is 7.25. The average Bonchev–Trinajstić information content (AvgIpc) is 1.52. The van der Waals surface area contributed by atoms with E-state index in [2.05, 4.69) is 99.0 Å². The van der Waals surface area contributed by atoms with Crippen molar-refractivity contribution in [2.45, 2.75) is 143 Å². The molecule has 0 aliphatic heterocycles. The van der Waals surface area contributed by atoms with E-state index in [1.165, 1.54) is 0 Å². The number of oxime groups is 1. The van der Waals surface area contributed by atoms with Crippen LogP contribution in [0.5, 0.6) is 0 Å². The highest BCUT2D eigenvalue weighted by molar-refractivity contribution is 8.02. The van der Waals surface area contributed by atoms with Crippen molar-refractivity contribution in [3.63, 3.8) is 0 Å². The quantitative estimate of drug-likeness (QED) is 0.0247. The maximum absolute atomic E-state index is 13.9. The molecule has 0 fully saturated rings. The number of benzene rings is 1. The van der Waals surface area contributed by atoms with Crippen molar-refractivity contribution < 1.29 is 85.7 Å². The summed E-state index contributed by atoms with van der Waals surface area (Å²) in [7, 11) is 0. The Morgan fingerprint density at radius 2 is 1.07 bits per heavy atom. The Morgan fingerprint density at radius 3 is 1.51 bits per heavy atom. The third kappa shape index (κ3) is 51.5. The number of ketones is 1. The zero-order valence-electron chi connectivity index (χ0n) is 58.2. The van der Waals surface area contributed by atoms with Gasteiger partial charge in [-0.2, -0.15) is 0 Å². The van der Waals surface area contributed by atoms with Crippen LogP contribution in [0, 0.1) is 17.3 Å². The Hall–Kier alpha value is -4.76. The number of nitrogens with one attached hydrogen (secondary N) is 4. The van der Waals surface area contributed by atoms with Gasteiger partial charge in [-0.15, -0.1) is 28.6 Å². The lowest BCUT2D eigenvalue weighted by molar-refractivity contribution is -0.132. The number of anilines is 1. The smallest absolute Gasteiger partial charge is 0.407 e. The second-order valence-electron chi connectivity index (χ2n) is 25.4. The number of amides is 5. The summed E-state index contributed by atoms with van der Waals surface area (Å²) in [6, 6.07) is 5.15. The normalized spacial score (nSPS) is 12.6. The predicted molar refractivity (Wildman–Crippen MR) is 364 cm³/mol. The Morgan fingerprint density at radius 1 is 0.617 bits per heavy atom. The topological polar surface area (TPSA) is 323 Å². The minimum absolute atomic E-state index is 0.0134. The number of nitrogens with two attached hydrogens (primary N) is 1. The molecule has 0 aliphatic carbocycles. The van der Waals surface area contributed by atoms with Crippen LogP contribution in [0.25, 0.3) is 0 Å². The van der Waals surface area contributed by atoms with Crippen molar-refractivity contribution in [3.8, 4) is 0 Å². The number of rotatable bonds is 58. The first kappa shape index (κ1) is 85.3. The van der Waals surface area contributed by atoms with Gasteiger partial charge in [-0.3, -0.25) is 14.4 Å². The van der Waals surface area contributed by atoms with Gasteiger partial charge in [0, 0.05) is 52.2 Å². The standard InChI is InChI=1S/C65H115N9O18S2/c1-51(2)43-57(70-59(76)48-92-72-56(49-93-64(6,7)8)50-94-65(9,10)11)58(75)44-53(13-12-19-67-61(66)78)60(77)69-54-16-14-52(15-17-54)47-91-62(79)68-45-55-46-74(73-71-55)20-22-81-24-26-83-28-30-85-32-34-87-36-38-89-40-42-90-41-39-88-37-35-86-33-31-84-29-27-82-25-23-80-21-18-63(3,4)5/h14-17,46,51,53,57H,12-13,18-45,47-50H2,1-11H3,(H,68,79)(H,69,77)(H,70,76)(H3,66,67,78)/t53-,57+/m1/s1. The minimum Gasteiger partial charge on any atom is -0.445 e. The van der Waals surface area contributed by atoms with Crippen LogP contribution in [0.4, 0.5) is 15.3 Å². The van der Waals surface area contributed by atoms with Crippen LogP contribution in [0.15, 0.2) is 35.6 Å².